The molecule has 1 aromatic rings. The number of amides is 1. The molecule has 0 spiro atoms. The van der Waals surface area contributed by atoms with Crippen molar-refractivity contribution in [2.45, 2.75) is 25.3 Å². The van der Waals surface area contributed by atoms with Crippen molar-refractivity contribution in [1.82, 2.24) is 5.32 Å². The standard InChI is InChI=1S/C13H19N3O4/c1-13(15-2,12(14)17)7-4-8-20-11-6-3-5-10(9-11)16(18)19/h3,5-6,9,15H,4,7-8H2,1-2H3,(H2,14,17). The molecule has 20 heavy (non-hydrogen) atoms. The molecule has 1 unspecified atom stereocenters. The summed E-state index contributed by atoms with van der Waals surface area (Å²) in [4.78, 5) is 21.4. The van der Waals surface area contributed by atoms with E-state index in [1.54, 1.807) is 26.1 Å². The Morgan fingerprint density at radius 1 is 1.55 bits per heavy atom. The van der Waals surface area contributed by atoms with Gasteiger partial charge < -0.3 is 15.8 Å². The number of benzene rings is 1. The number of hydrogen-bond donors (Lipinski definition) is 2. The van der Waals surface area contributed by atoms with Gasteiger partial charge in [0.25, 0.3) is 5.69 Å². The number of likely N-dealkylation sites (N-methyl/N-ethyl adjacent to an activating group) is 1. The predicted octanol–water partition coefficient (Wildman–Crippen LogP) is 1.22. The summed E-state index contributed by atoms with van der Waals surface area (Å²) in [5.41, 5.74) is 4.52. The minimum Gasteiger partial charge on any atom is -0.493 e. The second-order valence-corrected chi connectivity index (χ2v) is 4.65. The molecule has 0 saturated carbocycles. The summed E-state index contributed by atoms with van der Waals surface area (Å²) in [5, 5.41) is 13.5. The Balaban J connectivity index is 2.47. The fourth-order valence-electron chi connectivity index (χ4n) is 1.67. The summed E-state index contributed by atoms with van der Waals surface area (Å²) in [6.07, 6.45) is 1.12. The lowest BCUT2D eigenvalue weighted by Crippen LogP contribution is -2.51. The number of primary amides is 1. The molecule has 7 heteroatoms. The van der Waals surface area contributed by atoms with Gasteiger partial charge in [0.05, 0.1) is 23.1 Å². The summed E-state index contributed by atoms with van der Waals surface area (Å²) in [5.74, 6) is 0.0137. The fourth-order valence-corrected chi connectivity index (χ4v) is 1.67. The minimum atomic E-state index is -0.772. The van der Waals surface area contributed by atoms with Crippen molar-refractivity contribution >= 4 is 11.6 Å². The van der Waals surface area contributed by atoms with Gasteiger partial charge in [-0.15, -0.1) is 0 Å². The average Bonchev–Trinajstić information content (AvgIpc) is 2.43. The molecule has 0 radical (unpaired) electrons. The average molecular weight is 281 g/mol. The Labute approximate surface area is 117 Å². The lowest BCUT2D eigenvalue weighted by Gasteiger charge is -2.25. The number of nitrogens with two attached hydrogens (primary N) is 1. The van der Waals surface area contributed by atoms with Gasteiger partial charge in [0.1, 0.15) is 5.75 Å². The van der Waals surface area contributed by atoms with Gasteiger partial charge in [-0.3, -0.25) is 14.9 Å². The van der Waals surface area contributed by atoms with Gasteiger partial charge in [-0.2, -0.15) is 0 Å². The Morgan fingerprint density at radius 3 is 2.80 bits per heavy atom. The summed E-state index contributed by atoms with van der Waals surface area (Å²) in [6.45, 7) is 2.08. The zero-order valence-corrected chi connectivity index (χ0v) is 11.6. The number of carbonyl (C=O) groups excluding carboxylic acids is 1. The van der Waals surface area contributed by atoms with E-state index in [2.05, 4.69) is 5.32 Å². The number of ether oxygens (including phenoxy) is 1. The summed E-state index contributed by atoms with van der Waals surface area (Å²) < 4.78 is 5.43. The van der Waals surface area contributed by atoms with E-state index in [-0.39, 0.29) is 5.69 Å². The molecule has 1 aromatic carbocycles. The van der Waals surface area contributed by atoms with Crippen LogP contribution in [0.1, 0.15) is 19.8 Å². The van der Waals surface area contributed by atoms with Crippen molar-refractivity contribution in [3.63, 3.8) is 0 Å². The molecule has 0 saturated heterocycles. The van der Waals surface area contributed by atoms with Crippen molar-refractivity contribution in [2.75, 3.05) is 13.7 Å². The van der Waals surface area contributed by atoms with Crippen molar-refractivity contribution in [3.8, 4) is 5.75 Å². The van der Waals surface area contributed by atoms with Gasteiger partial charge in [-0.1, -0.05) is 6.07 Å². The first-order valence-corrected chi connectivity index (χ1v) is 6.25. The molecule has 0 aliphatic rings. The third kappa shape index (κ3) is 4.20. The second kappa shape index (κ2) is 6.85. The van der Waals surface area contributed by atoms with Crippen LogP contribution >= 0.6 is 0 Å². The van der Waals surface area contributed by atoms with Crippen LogP contribution in [-0.4, -0.2) is 30.0 Å². The van der Waals surface area contributed by atoms with Crippen LogP contribution in [0.2, 0.25) is 0 Å². The highest BCUT2D eigenvalue weighted by atomic mass is 16.6. The Morgan fingerprint density at radius 2 is 2.25 bits per heavy atom. The molecule has 1 amide bonds. The molecule has 0 aliphatic carbocycles. The van der Waals surface area contributed by atoms with Crippen LogP contribution in [0.5, 0.6) is 5.75 Å². The first-order valence-electron chi connectivity index (χ1n) is 6.25. The van der Waals surface area contributed by atoms with E-state index in [4.69, 9.17) is 10.5 Å². The molecule has 3 N–H and O–H groups in total. The molecule has 0 heterocycles. The maximum atomic E-state index is 11.3. The quantitative estimate of drug-likeness (QED) is 0.423. The van der Waals surface area contributed by atoms with E-state index in [0.717, 1.165) is 0 Å². The smallest absolute Gasteiger partial charge is 0.273 e. The van der Waals surface area contributed by atoms with Crippen molar-refractivity contribution in [3.05, 3.63) is 34.4 Å². The number of nitrogens with one attached hydrogen (secondary N) is 1. The van der Waals surface area contributed by atoms with Crippen LogP contribution in [-0.2, 0) is 4.79 Å². The van der Waals surface area contributed by atoms with Crippen LogP contribution in [0.15, 0.2) is 24.3 Å². The van der Waals surface area contributed by atoms with Gasteiger partial charge in [0.15, 0.2) is 0 Å². The molecule has 1 rings (SSSR count). The number of nitrogens with zero attached hydrogens (tertiary/aromatic N) is 1. The topological polar surface area (TPSA) is 107 Å². The molecule has 7 nitrogen and oxygen atoms in total. The van der Waals surface area contributed by atoms with Gasteiger partial charge in [0.2, 0.25) is 5.91 Å². The van der Waals surface area contributed by atoms with Crippen LogP contribution in [0.4, 0.5) is 5.69 Å². The minimum absolute atomic E-state index is 0.0142. The van der Waals surface area contributed by atoms with Crippen molar-refractivity contribution in [1.29, 1.82) is 0 Å². The highest BCUT2D eigenvalue weighted by Gasteiger charge is 2.28. The van der Waals surface area contributed by atoms with Crippen molar-refractivity contribution < 1.29 is 14.5 Å². The zero-order valence-electron chi connectivity index (χ0n) is 11.6. The van der Waals surface area contributed by atoms with E-state index in [9.17, 15) is 14.9 Å². The number of non-ortho nitro benzene ring substituents is 1. The number of nitro groups is 1. The van der Waals surface area contributed by atoms with E-state index in [1.165, 1.54) is 12.1 Å². The molecular weight excluding hydrogens is 262 g/mol. The van der Waals surface area contributed by atoms with Gasteiger partial charge in [-0.25, -0.2) is 0 Å². The highest BCUT2D eigenvalue weighted by molar-refractivity contribution is 5.84. The van der Waals surface area contributed by atoms with E-state index >= 15 is 0 Å². The molecule has 0 fully saturated rings. The van der Waals surface area contributed by atoms with Crippen LogP contribution < -0.4 is 15.8 Å². The molecule has 0 aliphatic heterocycles. The summed E-state index contributed by atoms with van der Waals surface area (Å²) in [7, 11) is 1.67. The number of rotatable bonds is 8. The Hall–Kier alpha value is -2.15. The normalized spacial score (nSPS) is 13.5. The number of carbonyl (C=O) groups is 1. The van der Waals surface area contributed by atoms with E-state index in [1.807, 2.05) is 0 Å². The van der Waals surface area contributed by atoms with Gasteiger partial charge >= 0.3 is 0 Å². The first-order chi connectivity index (χ1) is 9.39. The van der Waals surface area contributed by atoms with Gasteiger partial charge in [-0.05, 0) is 32.9 Å². The second-order valence-electron chi connectivity index (χ2n) is 4.65. The fraction of sp³-hybridized carbons (Fsp3) is 0.462. The largest absolute Gasteiger partial charge is 0.493 e. The zero-order chi connectivity index (χ0) is 15.2. The molecule has 1 atom stereocenters. The number of nitro benzene ring substituents is 1. The molecule has 110 valence electrons. The molecule has 0 aromatic heterocycles. The van der Waals surface area contributed by atoms with Crippen LogP contribution in [0, 0.1) is 10.1 Å². The summed E-state index contributed by atoms with van der Waals surface area (Å²) in [6, 6.07) is 5.98. The van der Waals surface area contributed by atoms with Crippen LogP contribution in [0.25, 0.3) is 0 Å². The molecule has 0 bridgehead atoms. The Kier molecular flexibility index (Phi) is 5.45. The lowest BCUT2D eigenvalue weighted by molar-refractivity contribution is -0.384. The monoisotopic (exact) mass is 281 g/mol. The summed E-state index contributed by atoms with van der Waals surface area (Å²) >= 11 is 0. The van der Waals surface area contributed by atoms with E-state index < -0.39 is 16.4 Å². The van der Waals surface area contributed by atoms with Crippen molar-refractivity contribution in [2.24, 2.45) is 5.73 Å². The third-order valence-corrected chi connectivity index (χ3v) is 3.21. The maximum Gasteiger partial charge on any atom is 0.273 e. The number of hydrogen-bond acceptors (Lipinski definition) is 5. The van der Waals surface area contributed by atoms with E-state index in [0.29, 0.717) is 25.2 Å². The van der Waals surface area contributed by atoms with Gasteiger partial charge in [0, 0.05) is 6.07 Å². The Bertz CT molecular complexity index is 492. The lowest BCUT2D eigenvalue weighted by atomic mass is 9.95. The molecular formula is C13H19N3O4. The predicted molar refractivity (Wildman–Crippen MR) is 74.5 cm³/mol. The van der Waals surface area contributed by atoms with Crippen LogP contribution in [0.3, 0.4) is 0 Å². The maximum absolute atomic E-state index is 11.3. The SMILES string of the molecule is CNC(C)(CCCOc1cccc([N+](=O)[O-])c1)C(N)=O. The highest BCUT2D eigenvalue weighted by Crippen LogP contribution is 2.19. The third-order valence-electron chi connectivity index (χ3n) is 3.21. The first kappa shape index (κ1) is 15.9.